The molecule has 2 N–H and O–H groups in total. The van der Waals surface area contributed by atoms with Gasteiger partial charge in [-0.25, -0.2) is 9.78 Å². The molecule has 216 valence electrons. The van der Waals surface area contributed by atoms with Crippen molar-refractivity contribution in [1.82, 2.24) is 24.6 Å². The second kappa shape index (κ2) is 11.4. The Morgan fingerprint density at radius 2 is 1.57 bits per heavy atom. The Kier molecular flexibility index (Phi) is 7.55. The lowest BCUT2D eigenvalue weighted by atomic mass is 10.0. The van der Waals surface area contributed by atoms with E-state index in [4.69, 9.17) is 4.98 Å². The third kappa shape index (κ3) is 5.67. The second-order valence-electron chi connectivity index (χ2n) is 10.7. The van der Waals surface area contributed by atoms with Gasteiger partial charge in [0, 0.05) is 12.1 Å². The number of aromatic carboxylic acids is 1. The van der Waals surface area contributed by atoms with Gasteiger partial charge in [-0.2, -0.15) is 18.3 Å². The maximum atomic E-state index is 13.2. The smallest absolute Gasteiger partial charge is 0.416 e. The summed E-state index contributed by atoms with van der Waals surface area (Å²) in [5.41, 5.74) is 4.88. The predicted octanol–water partition coefficient (Wildman–Crippen LogP) is 7.35. The number of piperidine rings is 1. The number of aromatic amines is 1. The first-order valence-electron chi connectivity index (χ1n) is 14.1. The topological polar surface area (TPSA) is 87.0 Å². The van der Waals surface area contributed by atoms with Gasteiger partial charge in [-0.1, -0.05) is 36.8 Å². The van der Waals surface area contributed by atoms with Crippen LogP contribution in [0.3, 0.4) is 0 Å². The van der Waals surface area contributed by atoms with Crippen molar-refractivity contribution in [3.8, 4) is 33.8 Å². The fourth-order valence-corrected chi connectivity index (χ4v) is 5.68. The van der Waals surface area contributed by atoms with E-state index in [-0.39, 0.29) is 5.56 Å². The minimum atomic E-state index is -4.41. The fourth-order valence-electron chi connectivity index (χ4n) is 5.68. The predicted molar refractivity (Wildman–Crippen MR) is 155 cm³/mol. The molecule has 1 saturated heterocycles. The zero-order chi connectivity index (χ0) is 29.3. The molecule has 0 aliphatic carbocycles. The minimum absolute atomic E-state index is 0.218. The number of imidazole rings is 1. The molecule has 0 spiro atoms. The molecule has 1 aliphatic heterocycles. The van der Waals surface area contributed by atoms with E-state index in [0.29, 0.717) is 29.2 Å². The molecule has 1 aliphatic rings. The van der Waals surface area contributed by atoms with Crippen molar-refractivity contribution in [1.29, 1.82) is 0 Å². The van der Waals surface area contributed by atoms with Gasteiger partial charge < -0.3 is 14.6 Å². The quantitative estimate of drug-likeness (QED) is 0.203. The summed E-state index contributed by atoms with van der Waals surface area (Å²) in [6, 6.07) is 17.7. The summed E-state index contributed by atoms with van der Waals surface area (Å²) in [6.07, 6.45) is 1.90. The molecule has 3 heterocycles. The summed E-state index contributed by atoms with van der Waals surface area (Å²) in [5, 5.41) is 16.5. The van der Waals surface area contributed by atoms with Gasteiger partial charge in [-0.05, 0) is 86.4 Å². The van der Waals surface area contributed by atoms with Gasteiger partial charge in [-0.3, -0.25) is 5.10 Å². The van der Waals surface area contributed by atoms with Crippen LogP contribution < -0.4 is 0 Å². The normalized spacial score (nSPS) is 14.5. The molecule has 0 radical (unpaired) electrons. The molecule has 42 heavy (non-hydrogen) atoms. The second-order valence-corrected chi connectivity index (χ2v) is 10.7. The van der Waals surface area contributed by atoms with Gasteiger partial charge in [0.25, 0.3) is 0 Å². The van der Waals surface area contributed by atoms with Crippen molar-refractivity contribution in [3.63, 3.8) is 0 Å². The largest absolute Gasteiger partial charge is 0.478 e. The number of H-pyrrole nitrogens is 1. The molecule has 3 aromatic carbocycles. The van der Waals surface area contributed by atoms with Gasteiger partial charge in [0.15, 0.2) is 0 Å². The molecule has 0 amide bonds. The number of aryl methyl sites for hydroxylation is 1. The highest BCUT2D eigenvalue weighted by Crippen LogP contribution is 2.36. The zero-order valence-electron chi connectivity index (χ0n) is 22.9. The number of aromatic nitrogens is 4. The lowest BCUT2D eigenvalue weighted by molar-refractivity contribution is -0.137. The molecule has 5 aromatic rings. The van der Waals surface area contributed by atoms with E-state index in [1.54, 1.807) is 30.5 Å². The van der Waals surface area contributed by atoms with E-state index >= 15 is 0 Å². The van der Waals surface area contributed by atoms with Crippen LogP contribution in [0.15, 0.2) is 72.9 Å². The van der Waals surface area contributed by atoms with Crippen LogP contribution in [0.4, 0.5) is 13.2 Å². The van der Waals surface area contributed by atoms with Crippen LogP contribution in [0.5, 0.6) is 0 Å². The first-order valence-corrected chi connectivity index (χ1v) is 14.1. The Hall–Kier alpha value is -4.44. The Morgan fingerprint density at radius 1 is 0.881 bits per heavy atom. The summed E-state index contributed by atoms with van der Waals surface area (Å²) < 4.78 is 41.7. The van der Waals surface area contributed by atoms with Crippen LogP contribution in [0.25, 0.3) is 44.8 Å². The van der Waals surface area contributed by atoms with E-state index in [0.717, 1.165) is 60.3 Å². The van der Waals surface area contributed by atoms with Crippen LogP contribution in [-0.4, -0.2) is 55.4 Å². The van der Waals surface area contributed by atoms with Gasteiger partial charge in [-0.15, -0.1) is 0 Å². The van der Waals surface area contributed by atoms with Crippen molar-refractivity contribution < 1.29 is 23.1 Å². The number of fused-ring (bicyclic) bond motifs is 1. The monoisotopic (exact) mass is 573 g/mol. The molecule has 6 rings (SSSR count). The number of nitrogens with zero attached hydrogens (tertiary/aromatic N) is 4. The van der Waals surface area contributed by atoms with Crippen LogP contribution >= 0.6 is 0 Å². The Morgan fingerprint density at radius 3 is 2.26 bits per heavy atom. The SMILES string of the molecule is O=C(O)c1ccc(-c2ccc3c(c2)nc(-c2cn[nH]c2-c2ccc(C(F)(F)F)cc2)n3CCCN2CCCCC2)cc1. The number of hydrogen-bond donors (Lipinski definition) is 2. The van der Waals surface area contributed by atoms with E-state index in [1.165, 1.54) is 31.4 Å². The third-order valence-electron chi connectivity index (χ3n) is 7.90. The number of rotatable bonds is 8. The fraction of sp³-hybridized carbons (Fsp3) is 0.281. The van der Waals surface area contributed by atoms with Crippen molar-refractivity contribution in [3.05, 3.63) is 84.1 Å². The average Bonchev–Trinajstić information content (AvgIpc) is 3.62. The number of likely N-dealkylation sites (tertiary alicyclic amines) is 1. The number of carbonyl (C=O) groups is 1. The number of halogens is 3. The lowest BCUT2D eigenvalue weighted by Gasteiger charge is -2.26. The highest BCUT2D eigenvalue weighted by Gasteiger charge is 2.30. The van der Waals surface area contributed by atoms with E-state index in [2.05, 4.69) is 19.7 Å². The van der Waals surface area contributed by atoms with Gasteiger partial charge in [0.2, 0.25) is 0 Å². The van der Waals surface area contributed by atoms with Crippen LogP contribution in [0.1, 0.15) is 41.6 Å². The zero-order valence-corrected chi connectivity index (χ0v) is 22.9. The van der Waals surface area contributed by atoms with E-state index in [1.807, 2.05) is 18.2 Å². The summed E-state index contributed by atoms with van der Waals surface area (Å²) in [7, 11) is 0. The van der Waals surface area contributed by atoms with Gasteiger partial charge in [0.05, 0.1) is 39.6 Å². The first-order chi connectivity index (χ1) is 20.3. The molecule has 0 atom stereocenters. The molecule has 1 fully saturated rings. The van der Waals surface area contributed by atoms with Crippen molar-refractivity contribution in [2.75, 3.05) is 19.6 Å². The number of alkyl halides is 3. The molecular weight excluding hydrogens is 543 g/mol. The minimum Gasteiger partial charge on any atom is -0.478 e. The van der Waals surface area contributed by atoms with Gasteiger partial charge in [0.1, 0.15) is 5.82 Å². The summed E-state index contributed by atoms with van der Waals surface area (Å²) >= 11 is 0. The highest BCUT2D eigenvalue weighted by molar-refractivity contribution is 5.90. The molecule has 10 heteroatoms. The van der Waals surface area contributed by atoms with Crippen LogP contribution in [0, 0.1) is 0 Å². The molecular formula is C32H30F3N5O2. The van der Waals surface area contributed by atoms with E-state index in [9.17, 15) is 23.1 Å². The van der Waals surface area contributed by atoms with Crippen molar-refractivity contribution >= 4 is 17.0 Å². The number of carboxylic acid groups (broad SMARTS) is 1. The summed E-state index contributed by atoms with van der Waals surface area (Å²) in [4.78, 5) is 18.8. The number of nitrogens with one attached hydrogen (secondary N) is 1. The Labute approximate surface area is 240 Å². The standard InChI is InChI=1S/C32H30F3N5O2/c33-32(34,35)25-12-9-22(10-13-25)29-26(20-36-38-29)30-37-27-19-24(21-5-7-23(8-6-21)31(41)42)11-14-28(27)40(30)18-4-17-39-15-2-1-3-16-39/h5-14,19-20H,1-4,15-18H2,(H,36,38)(H,41,42). The maximum Gasteiger partial charge on any atom is 0.416 e. The summed E-state index contributed by atoms with van der Waals surface area (Å²) in [6.45, 7) is 3.92. The molecule has 0 bridgehead atoms. The maximum absolute atomic E-state index is 13.2. The number of hydrogen-bond acceptors (Lipinski definition) is 4. The lowest BCUT2D eigenvalue weighted by Crippen LogP contribution is -2.31. The van der Waals surface area contributed by atoms with Gasteiger partial charge >= 0.3 is 12.1 Å². The molecule has 0 unspecified atom stereocenters. The molecule has 0 saturated carbocycles. The molecule has 2 aromatic heterocycles. The Bertz CT molecular complexity index is 1700. The third-order valence-corrected chi connectivity index (χ3v) is 7.90. The van der Waals surface area contributed by atoms with Crippen molar-refractivity contribution in [2.45, 2.75) is 38.4 Å². The van der Waals surface area contributed by atoms with Crippen LogP contribution in [-0.2, 0) is 12.7 Å². The number of carboxylic acids is 1. The van der Waals surface area contributed by atoms with Crippen molar-refractivity contribution in [2.24, 2.45) is 0 Å². The summed E-state index contributed by atoms with van der Waals surface area (Å²) in [5.74, 6) is -0.292. The highest BCUT2D eigenvalue weighted by atomic mass is 19.4. The van der Waals surface area contributed by atoms with Crippen LogP contribution in [0.2, 0.25) is 0 Å². The Balaban J connectivity index is 1.38. The number of benzene rings is 3. The molecule has 7 nitrogen and oxygen atoms in total. The van der Waals surface area contributed by atoms with E-state index < -0.39 is 17.7 Å². The first kappa shape index (κ1) is 27.7. The average molecular weight is 574 g/mol.